The number of carbonyl (C=O) groups excluding carboxylic acids is 2. The first-order chi connectivity index (χ1) is 8.61. The van der Waals surface area contributed by atoms with Gasteiger partial charge in [0.2, 0.25) is 0 Å². The molecule has 2 aromatic rings. The molecular weight excluding hydrogens is 232 g/mol. The molecule has 0 aliphatic carbocycles. The van der Waals surface area contributed by atoms with E-state index in [-0.39, 0.29) is 5.91 Å². The summed E-state index contributed by atoms with van der Waals surface area (Å²) in [6, 6.07) is 4.93. The van der Waals surface area contributed by atoms with Crippen LogP contribution in [-0.2, 0) is 0 Å². The summed E-state index contributed by atoms with van der Waals surface area (Å²) in [4.78, 5) is 27.7. The number of hydrogen-bond acceptors (Lipinski definition) is 4. The van der Waals surface area contributed by atoms with Crippen LogP contribution in [0.3, 0.4) is 0 Å². The summed E-state index contributed by atoms with van der Waals surface area (Å²) in [5.74, 6) is 0.386. The third kappa shape index (κ3) is 2.27. The summed E-state index contributed by atoms with van der Waals surface area (Å²) >= 11 is 0. The van der Waals surface area contributed by atoms with Crippen molar-refractivity contribution in [3.63, 3.8) is 0 Å². The average Bonchev–Trinajstić information content (AvgIpc) is 2.87. The van der Waals surface area contributed by atoms with Crippen LogP contribution in [0.4, 0.5) is 0 Å². The highest BCUT2D eigenvalue weighted by molar-refractivity contribution is 5.91. The van der Waals surface area contributed by atoms with Gasteiger partial charge < -0.3 is 4.90 Å². The second-order valence-electron chi connectivity index (χ2n) is 3.91. The van der Waals surface area contributed by atoms with E-state index in [1.54, 1.807) is 38.5 Å². The van der Waals surface area contributed by atoms with Crippen LogP contribution in [0, 0.1) is 0 Å². The van der Waals surface area contributed by atoms with E-state index in [0.29, 0.717) is 17.1 Å². The Hall–Kier alpha value is -2.50. The van der Waals surface area contributed by atoms with E-state index >= 15 is 0 Å². The molecule has 1 amide bonds. The molecule has 0 aliphatic rings. The van der Waals surface area contributed by atoms with Crippen LogP contribution in [0.1, 0.15) is 20.8 Å². The first-order valence-corrected chi connectivity index (χ1v) is 5.31. The zero-order valence-electron chi connectivity index (χ0n) is 10.1. The van der Waals surface area contributed by atoms with Gasteiger partial charge in [-0.2, -0.15) is 5.10 Å². The first-order valence-electron chi connectivity index (χ1n) is 5.31. The summed E-state index contributed by atoms with van der Waals surface area (Å²) in [6.07, 6.45) is 3.83. The second-order valence-corrected chi connectivity index (χ2v) is 3.91. The minimum absolute atomic E-state index is 0.168. The predicted molar refractivity (Wildman–Crippen MR) is 64.8 cm³/mol. The smallest absolute Gasteiger partial charge is 0.273 e. The lowest BCUT2D eigenvalue weighted by atomic mass is 10.3. The molecule has 0 bridgehead atoms. The molecule has 0 spiro atoms. The third-order valence-corrected chi connectivity index (χ3v) is 2.36. The summed E-state index contributed by atoms with van der Waals surface area (Å²) in [5, 5.41) is 4.13. The Balaban J connectivity index is 2.28. The molecule has 2 aromatic heterocycles. The van der Waals surface area contributed by atoms with Gasteiger partial charge in [0, 0.05) is 32.1 Å². The number of amides is 1. The average molecular weight is 244 g/mol. The molecule has 2 heterocycles. The molecule has 6 nitrogen and oxygen atoms in total. The van der Waals surface area contributed by atoms with Gasteiger partial charge in [-0.15, -0.1) is 0 Å². The molecule has 0 aromatic carbocycles. The molecule has 0 saturated heterocycles. The Morgan fingerprint density at radius 2 is 2.11 bits per heavy atom. The number of carbonyl (C=O) groups is 2. The Kier molecular flexibility index (Phi) is 3.18. The van der Waals surface area contributed by atoms with Crippen LogP contribution in [0.25, 0.3) is 5.82 Å². The molecule has 0 radical (unpaired) electrons. The van der Waals surface area contributed by atoms with Gasteiger partial charge in [-0.1, -0.05) is 0 Å². The highest BCUT2D eigenvalue weighted by atomic mass is 16.2. The quantitative estimate of drug-likeness (QED) is 0.748. The maximum Gasteiger partial charge on any atom is 0.273 e. The van der Waals surface area contributed by atoms with Crippen molar-refractivity contribution < 1.29 is 9.59 Å². The van der Waals surface area contributed by atoms with E-state index < -0.39 is 0 Å². The van der Waals surface area contributed by atoms with E-state index in [1.807, 2.05) is 0 Å². The van der Waals surface area contributed by atoms with Crippen molar-refractivity contribution in [3.05, 3.63) is 41.9 Å². The maximum absolute atomic E-state index is 11.7. The minimum atomic E-state index is -0.168. The number of aromatic nitrogens is 3. The second kappa shape index (κ2) is 4.79. The molecule has 92 valence electrons. The van der Waals surface area contributed by atoms with E-state index in [0.717, 1.165) is 6.29 Å². The highest BCUT2D eigenvalue weighted by Gasteiger charge is 2.12. The fourth-order valence-corrected chi connectivity index (χ4v) is 1.40. The van der Waals surface area contributed by atoms with E-state index in [9.17, 15) is 9.59 Å². The molecule has 18 heavy (non-hydrogen) atoms. The first kappa shape index (κ1) is 12.0. The zero-order valence-corrected chi connectivity index (χ0v) is 10.1. The summed E-state index contributed by atoms with van der Waals surface area (Å²) in [7, 11) is 3.33. The van der Waals surface area contributed by atoms with Gasteiger partial charge in [0.25, 0.3) is 5.91 Å². The van der Waals surface area contributed by atoms with Crippen LogP contribution in [0.2, 0.25) is 0 Å². The summed E-state index contributed by atoms with van der Waals surface area (Å²) < 4.78 is 1.49. The molecule has 0 aliphatic heterocycles. The van der Waals surface area contributed by atoms with Crippen molar-refractivity contribution in [2.45, 2.75) is 0 Å². The SMILES string of the molecule is CN(C)C(=O)c1ccn(-c2ccc(C=O)cn2)n1. The number of rotatable bonds is 3. The standard InChI is InChI=1S/C12H12N4O2/c1-15(2)12(18)10-5-6-16(14-10)11-4-3-9(8-17)7-13-11/h3-8H,1-2H3. The maximum atomic E-state index is 11.7. The molecule has 0 fully saturated rings. The van der Waals surface area contributed by atoms with Crippen molar-refractivity contribution in [2.75, 3.05) is 14.1 Å². The largest absolute Gasteiger partial charge is 0.343 e. The Morgan fingerprint density at radius 3 is 2.67 bits per heavy atom. The Bertz CT molecular complexity index is 572. The zero-order chi connectivity index (χ0) is 13.1. The van der Waals surface area contributed by atoms with Gasteiger partial charge in [0.1, 0.15) is 0 Å². The Labute approximate surface area is 104 Å². The highest BCUT2D eigenvalue weighted by Crippen LogP contribution is 2.06. The number of nitrogens with zero attached hydrogens (tertiary/aromatic N) is 4. The monoisotopic (exact) mass is 244 g/mol. The van der Waals surface area contributed by atoms with Gasteiger partial charge >= 0.3 is 0 Å². The molecule has 6 heteroatoms. The van der Waals surface area contributed by atoms with Crippen molar-refractivity contribution in [2.24, 2.45) is 0 Å². The van der Waals surface area contributed by atoms with Crippen LogP contribution in [-0.4, -0.2) is 46.0 Å². The lowest BCUT2D eigenvalue weighted by molar-refractivity contribution is 0.0821. The number of aldehydes is 1. The number of pyridine rings is 1. The van der Waals surface area contributed by atoms with Gasteiger partial charge in [-0.05, 0) is 18.2 Å². The van der Waals surface area contributed by atoms with Gasteiger partial charge in [-0.3, -0.25) is 9.59 Å². The normalized spacial score (nSPS) is 10.1. The lowest BCUT2D eigenvalue weighted by Gasteiger charge is -2.06. The van der Waals surface area contributed by atoms with E-state index in [4.69, 9.17) is 0 Å². The molecule has 2 rings (SSSR count). The van der Waals surface area contributed by atoms with Crippen LogP contribution < -0.4 is 0 Å². The Morgan fingerprint density at radius 1 is 1.33 bits per heavy atom. The van der Waals surface area contributed by atoms with Gasteiger partial charge in [0.05, 0.1) is 0 Å². The topological polar surface area (TPSA) is 68.1 Å². The van der Waals surface area contributed by atoms with Gasteiger partial charge in [0.15, 0.2) is 17.8 Å². The lowest BCUT2D eigenvalue weighted by Crippen LogP contribution is -2.22. The fourth-order valence-electron chi connectivity index (χ4n) is 1.40. The van der Waals surface area contributed by atoms with Crippen LogP contribution >= 0.6 is 0 Å². The van der Waals surface area contributed by atoms with Crippen LogP contribution in [0.15, 0.2) is 30.6 Å². The molecule has 0 atom stereocenters. The van der Waals surface area contributed by atoms with Crippen molar-refractivity contribution in [3.8, 4) is 5.82 Å². The predicted octanol–water partition coefficient (Wildman–Crippen LogP) is 0.782. The fraction of sp³-hybridized carbons (Fsp3) is 0.167. The number of hydrogen-bond donors (Lipinski definition) is 0. The van der Waals surface area contributed by atoms with E-state index in [2.05, 4.69) is 10.1 Å². The van der Waals surface area contributed by atoms with E-state index in [1.165, 1.54) is 15.8 Å². The molecule has 0 unspecified atom stereocenters. The summed E-state index contributed by atoms with van der Waals surface area (Å²) in [6.45, 7) is 0. The molecule has 0 N–H and O–H groups in total. The van der Waals surface area contributed by atoms with Crippen molar-refractivity contribution in [1.29, 1.82) is 0 Å². The molecule has 0 saturated carbocycles. The van der Waals surface area contributed by atoms with Gasteiger partial charge in [-0.25, -0.2) is 9.67 Å². The van der Waals surface area contributed by atoms with Crippen molar-refractivity contribution >= 4 is 12.2 Å². The molecular formula is C12H12N4O2. The van der Waals surface area contributed by atoms with Crippen molar-refractivity contribution in [1.82, 2.24) is 19.7 Å². The summed E-state index contributed by atoms with van der Waals surface area (Å²) in [5.41, 5.74) is 0.844. The third-order valence-electron chi connectivity index (χ3n) is 2.36. The minimum Gasteiger partial charge on any atom is -0.343 e. The van der Waals surface area contributed by atoms with Crippen LogP contribution in [0.5, 0.6) is 0 Å².